The molecule has 4 aliphatic rings. The van der Waals surface area contributed by atoms with Crippen LogP contribution in [0.15, 0.2) is 0 Å². The summed E-state index contributed by atoms with van der Waals surface area (Å²) in [5, 5.41) is 0. The molecule has 155 valence electrons. The fourth-order valence-corrected chi connectivity index (χ4v) is 7.13. The zero-order chi connectivity index (χ0) is 19.9. The van der Waals surface area contributed by atoms with Gasteiger partial charge in [0.15, 0.2) is 6.61 Å². The van der Waals surface area contributed by atoms with Gasteiger partial charge in [-0.2, -0.15) is 12.8 Å². The number of carbonyl (C=O) groups is 1. The van der Waals surface area contributed by atoms with Gasteiger partial charge < -0.3 is 4.74 Å². The van der Waals surface area contributed by atoms with E-state index in [1.807, 2.05) is 0 Å². The standard InChI is InChI=1S/C13H18F6O5S2.Na/c14-13(25(21,22)23,26(15,16,17,18)19)7-24-11(20)12-4-8-1-9(5-12)3-10(2-8)6-12;/h8-10H,1-7H2,(H,21,22,23);. The first-order valence-corrected chi connectivity index (χ1v) is 11.3. The summed E-state index contributed by atoms with van der Waals surface area (Å²) in [6.45, 7) is -2.83. The second-order valence-corrected chi connectivity index (χ2v) is 12.3. The van der Waals surface area contributed by atoms with Gasteiger partial charge in [-0.25, -0.2) is 0 Å². The van der Waals surface area contributed by atoms with Crippen LogP contribution in [0, 0.1) is 23.2 Å². The van der Waals surface area contributed by atoms with Crippen molar-refractivity contribution in [2.24, 2.45) is 23.2 Å². The van der Waals surface area contributed by atoms with Crippen LogP contribution in [0.1, 0.15) is 38.5 Å². The predicted octanol–water partition coefficient (Wildman–Crippen LogP) is 4.17. The van der Waals surface area contributed by atoms with Crippen LogP contribution in [0.4, 0.5) is 23.8 Å². The maximum absolute atomic E-state index is 14.0. The summed E-state index contributed by atoms with van der Waals surface area (Å²) >= 11 is 0. The van der Waals surface area contributed by atoms with Gasteiger partial charge in [0.1, 0.15) is 0 Å². The number of ether oxygens (including phenoxy) is 1. The average Bonchev–Trinajstić information content (AvgIpc) is 2.38. The van der Waals surface area contributed by atoms with E-state index in [0.717, 1.165) is 19.3 Å². The minimum Gasteiger partial charge on any atom is -0.459 e. The summed E-state index contributed by atoms with van der Waals surface area (Å²) in [7, 11) is -18.4. The number of rotatable bonds is 5. The number of carbonyl (C=O) groups excluding carboxylic acids is 1. The van der Waals surface area contributed by atoms with Crippen LogP contribution < -0.4 is 0 Å². The van der Waals surface area contributed by atoms with Crippen molar-refractivity contribution < 1.29 is 46.3 Å². The summed E-state index contributed by atoms with van der Waals surface area (Å²) in [4.78, 5) is 12.3. The van der Waals surface area contributed by atoms with Crippen molar-refractivity contribution in [3.05, 3.63) is 0 Å². The molecule has 4 aliphatic carbocycles. The van der Waals surface area contributed by atoms with Gasteiger partial charge in [0, 0.05) is 29.6 Å². The Morgan fingerprint density at radius 1 is 1.04 bits per heavy atom. The molecule has 1 atom stereocenters. The molecule has 1 unspecified atom stereocenters. The molecule has 0 spiro atoms. The number of halogens is 6. The summed E-state index contributed by atoms with van der Waals surface area (Å²) < 4.78 is 106. The fraction of sp³-hybridized carbons (Fsp3) is 0.923. The van der Waals surface area contributed by atoms with Crippen molar-refractivity contribution in [3.63, 3.8) is 0 Å². The van der Waals surface area contributed by atoms with Gasteiger partial charge in [0.2, 0.25) is 0 Å². The van der Waals surface area contributed by atoms with Crippen LogP contribution in [0.2, 0.25) is 0 Å². The molecule has 0 aliphatic heterocycles. The van der Waals surface area contributed by atoms with Gasteiger partial charge in [-0.3, -0.25) is 9.35 Å². The SMILES string of the molecule is O=C(OCC(F)(S(=O)(=O)O)S(F)(F)(F)(F)F)C12CC3CC(CC(C3)C1)C2.[Na]. The molecule has 0 aromatic carbocycles. The zero-order valence-electron chi connectivity index (χ0n) is 14.3. The second-order valence-electron chi connectivity index (χ2n) is 7.88. The van der Waals surface area contributed by atoms with Gasteiger partial charge in [-0.15, -0.1) is 0 Å². The van der Waals surface area contributed by atoms with E-state index in [1.54, 1.807) is 0 Å². The number of hydrogen-bond acceptors (Lipinski definition) is 4. The van der Waals surface area contributed by atoms with E-state index in [1.165, 1.54) is 0 Å². The second kappa shape index (κ2) is 5.93. The van der Waals surface area contributed by atoms with E-state index in [9.17, 15) is 37.0 Å². The molecule has 4 saturated carbocycles. The summed E-state index contributed by atoms with van der Waals surface area (Å²) in [6, 6.07) is 0. The van der Waals surface area contributed by atoms with Crippen molar-refractivity contribution in [1.82, 2.24) is 0 Å². The van der Waals surface area contributed by atoms with Gasteiger partial charge in [-0.1, -0.05) is 19.4 Å². The smallest absolute Gasteiger partial charge is 0.401 e. The molecule has 1 N–H and O–H groups in total. The Kier molecular flexibility index (Phi) is 5.18. The summed E-state index contributed by atoms with van der Waals surface area (Å²) in [5.74, 6) is -0.854. The van der Waals surface area contributed by atoms with Crippen molar-refractivity contribution in [2.75, 3.05) is 6.61 Å². The Morgan fingerprint density at radius 2 is 1.41 bits per heavy atom. The molecule has 4 bridgehead atoms. The average molecular weight is 455 g/mol. The van der Waals surface area contributed by atoms with E-state index >= 15 is 0 Å². The minimum atomic E-state index is -11.4. The molecule has 0 aromatic rings. The maximum atomic E-state index is 14.0. The molecular weight excluding hydrogens is 437 g/mol. The van der Waals surface area contributed by atoms with Gasteiger partial charge in [-0.05, 0) is 56.3 Å². The van der Waals surface area contributed by atoms with Crippen LogP contribution in [0.3, 0.4) is 0 Å². The van der Waals surface area contributed by atoms with Crippen molar-refractivity contribution in [2.45, 2.75) is 42.9 Å². The van der Waals surface area contributed by atoms with E-state index in [-0.39, 0.29) is 47.3 Å². The molecule has 1 radical (unpaired) electrons. The Labute approximate surface area is 174 Å². The Hall–Kier alpha value is 0.310. The number of alkyl halides is 1. The van der Waals surface area contributed by atoms with Crippen LogP contribution in [-0.4, -0.2) is 59.4 Å². The maximum Gasteiger partial charge on any atom is 0.401 e. The quantitative estimate of drug-likeness (QED) is 0.291. The van der Waals surface area contributed by atoms with Crippen LogP contribution in [0.5, 0.6) is 0 Å². The van der Waals surface area contributed by atoms with Crippen molar-refractivity contribution >= 4 is 55.9 Å². The number of hydrogen-bond donors (Lipinski definition) is 1. The van der Waals surface area contributed by atoms with E-state index < -0.39 is 42.7 Å². The van der Waals surface area contributed by atoms with Crippen molar-refractivity contribution in [1.29, 1.82) is 0 Å². The zero-order valence-corrected chi connectivity index (χ0v) is 18.0. The molecule has 0 heterocycles. The third-order valence-electron chi connectivity index (χ3n) is 5.81. The Morgan fingerprint density at radius 3 is 1.70 bits per heavy atom. The van der Waals surface area contributed by atoms with Gasteiger partial charge in [0.25, 0.3) is 0 Å². The summed E-state index contributed by atoms with van der Waals surface area (Å²) in [6.07, 6.45) is 3.44. The normalized spacial score (nSPS) is 37.5. The topological polar surface area (TPSA) is 80.7 Å². The first-order chi connectivity index (χ1) is 11.4. The molecule has 4 fully saturated rings. The Bertz CT molecular complexity index is 720. The predicted molar refractivity (Wildman–Crippen MR) is 85.8 cm³/mol. The van der Waals surface area contributed by atoms with E-state index in [0.29, 0.717) is 19.3 Å². The van der Waals surface area contributed by atoms with Crippen LogP contribution in [0.25, 0.3) is 0 Å². The molecule has 0 aromatic heterocycles. The Balaban J connectivity index is 0.00000261. The van der Waals surface area contributed by atoms with Gasteiger partial charge in [0.05, 0.1) is 5.41 Å². The largest absolute Gasteiger partial charge is 0.459 e. The van der Waals surface area contributed by atoms with E-state index in [4.69, 9.17) is 4.55 Å². The van der Waals surface area contributed by atoms with E-state index in [2.05, 4.69) is 4.74 Å². The molecule has 14 heteroatoms. The molecule has 4 rings (SSSR count). The molecular formula is C13H18F6NaO5S2. The number of esters is 1. The molecule has 0 amide bonds. The first kappa shape index (κ1) is 23.6. The third kappa shape index (κ3) is 3.88. The van der Waals surface area contributed by atoms with Gasteiger partial charge >= 0.3 is 30.6 Å². The van der Waals surface area contributed by atoms with Crippen LogP contribution in [-0.2, 0) is 19.6 Å². The minimum absolute atomic E-state index is 0. The van der Waals surface area contributed by atoms with Crippen LogP contribution >= 0.6 is 10.2 Å². The molecule has 0 saturated heterocycles. The first-order valence-electron chi connectivity index (χ1n) is 7.92. The third-order valence-corrected chi connectivity index (χ3v) is 9.54. The molecule has 5 nitrogen and oxygen atoms in total. The fourth-order valence-electron chi connectivity index (χ4n) is 5.05. The molecule has 27 heavy (non-hydrogen) atoms. The van der Waals surface area contributed by atoms with Crippen molar-refractivity contribution in [3.8, 4) is 0 Å². The monoisotopic (exact) mass is 455 g/mol. The summed E-state index contributed by atoms with van der Waals surface area (Å²) in [5.41, 5.74) is -1.20.